The van der Waals surface area contributed by atoms with E-state index >= 15 is 0 Å². The van der Waals surface area contributed by atoms with Crippen molar-refractivity contribution in [2.75, 3.05) is 25.1 Å². The molecule has 2 heterocycles. The molecule has 1 fully saturated rings. The number of piperidine rings is 1. The Balaban J connectivity index is 1.37. The van der Waals surface area contributed by atoms with Crippen molar-refractivity contribution in [1.29, 1.82) is 0 Å². The lowest BCUT2D eigenvalue weighted by molar-refractivity contribution is -0.126. The summed E-state index contributed by atoms with van der Waals surface area (Å²) in [6, 6.07) is 14.3. The van der Waals surface area contributed by atoms with E-state index in [1.165, 1.54) is 0 Å². The molecule has 29 heavy (non-hydrogen) atoms. The van der Waals surface area contributed by atoms with Crippen molar-refractivity contribution in [2.45, 2.75) is 32.7 Å². The molecule has 1 aromatic heterocycles. The Morgan fingerprint density at radius 3 is 2.72 bits per heavy atom. The normalized spacial score (nSPS) is 16.0. The molecule has 1 aliphatic heterocycles. The molecule has 1 aliphatic rings. The molecule has 0 spiro atoms. The van der Waals surface area contributed by atoms with Crippen LogP contribution in [0.2, 0.25) is 0 Å². The number of nitrogens with zero attached hydrogens (tertiary/aromatic N) is 2. The van der Waals surface area contributed by atoms with Crippen molar-refractivity contribution in [3.8, 4) is 5.75 Å². The van der Waals surface area contributed by atoms with Crippen LogP contribution in [0.15, 0.2) is 46.9 Å². The van der Waals surface area contributed by atoms with Crippen LogP contribution in [0.1, 0.15) is 36.9 Å². The Bertz CT molecular complexity index is 973. The Kier molecular flexibility index (Phi) is 5.43. The number of oxazole rings is 1. The van der Waals surface area contributed by atoms with E-state index in [4.69, 9.17) is 9.15 Å². The maximum Gasteiger partial charge on any atom is 0.298 e. The van der Waals surface area contributed by atoms with Gasteiger partial charge in [0.25, 0.3) is 6.01 Å². The molecule has 6 heteroatoms. The second-order valence-corrected chi connectivity index (χ2v) is 7.70. The highest BCUT2D eigenvalue weighted by atomic mass is 16.5. The van der Waals surface area contributed by atoms with Crippen LogP contribution in [0, 0.1) is 12.8 Å². The third-order valence-electron chi connectivity index (χ3n) is 5.63. The first-order chi connectivity index (χ1) is 14.0. The minimum atomic E-state index is -0.104. The predicted molar refractivity (Wildman–Crippen MR) is 113 cm³/mol. The number of hydrogen-bond acceptors (Lipinski definition) is 5. The second kappa shape index (κ2) is 8.15. The molecule has 1 amide bonds. The molecule has 0 aliphatic carbocycles. The smallest absolute Gasteiger partial charge is 0.298 e. The number of hydrogen-bond donors (Lipinski definition) is 1. The SMILES string of the molecule is COc1ccc(C)cc1C(C)NC(=O)C1CCN(c2nc3ccccc3o2)CC1. The zero-order valence-electron chi connectivity index (χ0n) is 17.1. The first kappa shape index (κ1) is 19.3. The highest BCUT2D eigenvalue weighted by molar-refractivity contribution is 5.79. The first-order valence-corrected chi connectivity index (χ1v) is 10.1. The van der Waals surface area contributed by atoms with Gasteiger partial charge in [-0.05, 0) is 44.9 Å². The number of amides is 1. The van der Waals surface area contributed by atoms with Crippen molar-refractivity contribution in [3.63, 3.8) is 0 Å². The van der Waals surface area contributed by atoms with E-state index in [1.54, 1.807) is 7.11 Å². The molecule has 4 rings (SSSR count). The minimum Gasteiger partial charge on any atom is -0.496 e. The molecule has 1 atom stereocenters. The second-order valence-electron chi connectivity index (χ2n) is 7.70. The van der Waals surface area contributed by atoms with Crippen LogP contribution in [0.4, 0.5) is 6.01 Å². The van der Waals surface area contributed by atoms with Crippen LogP contribution in [0.3, 0.4) is 0 Å². The van der Waals surface area contributed by atoms with E-state index in [0.717, 1.165) is 53.9 Å². The number of fused-ring (bicyclic) bond motifs is 1. The summed E-state index contributed by atoms with van der Waals surface area (Å²) in [5.41, 5.74) is 3.81. The van der Waals surface area contributed by atoms with E-state index in [2.05, 4.69) is 21.3 Å². The highest BCUT2D eigenvalue weighted by Crippen LogP contribution is 2.29. The van der Waals surface area contributed by atoms with Crippen molar-refractivity contribution >= 4 is 23.0 Å². The Hall–Kier alpha value is -3.02. The van der Waals surface area contributed by atoms with E-state index < -0.39 is 0 Å². The number of carbonyl (C=O) groups excluding carboxylic acids is 1. The molecule has 1 N–H and O–H groups in total. The minimum absolute atomic E-state index is 0.00566. The molecule has 0 radical (unpaired) electrons. The fraction of sp³-hybridized carbons (Fsp3) is 0.391. The van der Waals surface area contributed by atoms with Gasteiger partial charge in [-0.3, -0.25) is 4.79 Å². The van der Waals surface area contributed by atoms with Crippen LogP contribution in [0.5, 0.6) is 5.75 Å². The number of para-hydroxylation sites is 2. The standard InChI is InChI=1S/C23H27N3O3/c1-15-8-9-20(28-3)18(14-15)16(2)24-22(27)17-10-12-26(13-11-17)23-25-19-6-4-5-7-21(19)29-23/h4-9,14,16-17H,10-13H2,1-3H3,(H,24,27). The van der Waals surface area contributed by atoms with Crippen molar-refractivity contribution in [2.24, 2.45) is 5.92 Å². The van der Waals surface area contributed by atoms with E-state index in [-0.39, 0.29) is 17.9 Å². The number of carbonyl (C=O) groups is 1. The molecule has 0 saturated carbocycles. The number of ether oxygens (including phenoxy) is 1. The lowest BCUT2D eigenvalue weighted by Gasteiger charge is -2.31. The van der Waals surface area contributed by atoms with Crippen LogP contribution in [0.25, 0.3) is 11.1 Å². The fourth-order valence-electron chi connectivity index (χ4n) is 3.93. The van der Waals surface area contributed by atoms with Gasteiger partial charge in [0.15, 0.2) is 5.58 Å². The van der Waals surface area contributed by atoms with Gasteiger partial charge in [-0.25, -0.2) is 0 Å². The maximum atomic E-state index is 12.8. The molecular formula is C23H27N3O3. The summed E-state index contributed by atoms with van der Waals surface area (Å²) in [6.45, 7) is 5.56. The molecule has 3 aromatic rings. The van der Waals surface area contributed by atoms with Gasteiger partial charge in [-0.15, -0.1) is 0 Å². The Morgan fingerprint density at radius 2 is 2.00 bits per heavy atom. The number of aromatic nitrogens is 1. The monoisotopic (exact) mass is 393 g/mol. The average Bonchev–Trinajstić information content (AvgIpc) is 3.18. The molecule has 152 valence electrons. The molecular weight excluding hydrogens is 366 g/mol. The number of rotatable bonds is 5. The van der Waals surface area contributed by atoms with Gasteiger partial charge in [-0.2, -0.15) is 4.98 Å². The predicted octanol–water partition coefficient (Wildman–Crippen LogP) is 4.24. The molecule has 1 unspecified atom stereocenters. The van der Waals surface area contributed by atoms with Gasteiger partial charge >= 0.3 is 0 Å². The molecule has 2 aromatic carbocycles. The zero-order chi connectivity index (χ0) is 20.4. The number of nitrogens with one attached hydrogen (secondary N) is 1. The number of methoxy groups -OCH3 is 1. The number of anilines is 1. The summed E-state index contributed by atoms with van der Waals surface area (Å²) < 4.78 is 11.3. The fourth-order valence-corrected chi connectivity index (χ4v) is 3.93. The van der Waals surface area contributed by atoms with Crippen LogP contribution in [-0.4, -0.2) is 31.1 Å². The average molecular weight is 393 g/mol. The van der Waals surface area contributed by atoms with E-state index in [1.807, 2.05) is 50.2 Å². The van der Waals surface area contributed by atoms with Gasteiger partial charge < -0.3 is 19.4 Å². The lowest BCUT2D eigenvalue weighted by Crippen LogP contribution is -2.41. The summed E-state index contributed by atoms with van der Waals surface area (Å²) >= 11 is 0. The number of benzene rings is 2. The highest BCUT2D eigenvalue weighted by Gasteiger charge is 2.28. The first-order valence-electron chi connectivity index (χ1n) is 10.1. The maximum absolute atomic E-state index is 12.8. The molecule has 6 nitrogen and oxygen atoms in total. The largest absolute Gasteiger partial charge is 0.496 e. The van der Waals surface area contributed by atoms with Crippen LogP contribution in [-0.2, 0) is 4.79 Å². The lowest BCUT2D eigenvalue weighted by atomic mass is 9.95. The van der Waals surface area contributed by atoms with Crippen molar-refractivity contribution in [3.05, 3.63) is 53.6 Å². The van der Waals surface area contributed by atoms with Gasteiger partial charge in [0, 0.05) is 24.6 Å². The van der Waals surface area contributed by atoms with Crippen molar-refractivity contribution < 1.29 is 13.9 Å². The van der Waals surface area contributed by atoms with E-state index in [9.17, 15) is 4.79 Å². The van der Waals surface area contributed by atoms with Crippen LogP contribution >= 0.6 is 0 Å². The third kappa shape index (κ3) is 4.06. The van der Waals surface area contributed by atoms with Gasteiger partial charge in [0.1, 0.15) is 11.3 Å². The topological polar surface area (TPSA) is 67.6 Å². The zero-order valence-corrected chi connectivity index (χ0v) is 17.1. The number of aryl methyl sites for hydroxylation is 1. The Morgan fingerprint density at radius 1 is 1.24 bits per heavy atom. The van der Waals surface area contributed by atoms with Crippen LogP contribution < -0.4 is 15.0 Å². The van der Waals surface area contributed by atoms with Gasteiger partial charge in [-0.1, -0.05) is 29.8 Å². The van der Waals surface area contributed by atoms with Gasteiger partial charge in [0.05, 0.1) is 13.2 Å². The van der Waals surface area contributed by atoms with Gasteiger partial charge in [0.2, 0.25) is 5.91 Å². The molecule has 1 saturated heterocycles. The summed E-state index contributed by atoms with van der Waals surface area (Å²) in [5, 5.41) is 3.17. The summed E-state index contributed by atoms with van der Waals surface area (Å²) in [5.74, 6) is 0.890. The molecule has 0 bridgehead atoms. The summed E-state index contributed by atoms with van der Waals surface area (Å²) in [4.78, 5) is 19.5. The Labute approximate surface area is 170 Å². The third-order valence-corrected chi connectivity index (χ3v) is 5.63. The summed E-state index contributed by atoms with van der Waals surface area (Å²) in [6.07, 6.45) is 1.56. The summed E-state index contributed by atoms with van der Waals surface area (Å²) in [7, 11) is 1.66. The van der Waals surface area contributed by atoms with Crippen molar-refractivity contribution in [1.82, 2.24) is 10.3 Å². The quantitative estimate of drug-likeness (QED) is 0.702. The van der Waals surface area contributed by atoms with E-state index in [0.29, 0.717) is 6.01 Å².